The minimum atomic E-state index is -0.365. The predicted molar refractivity (Wildman–Crippen MR) is 75.8 cm³/mol. The lowest BCUT2D eigenvalue weighted by Gasteiger charge is -2.22. The van der Waals surface area contributed by atoms with Gasteiger partial charge in [0.15, 0.2) is 5.78 Å². The molecule has 1 amide bonds. The Morgan fingerprint density at radius 2 is 1.63 bits per heavy atom. The van der Waals surface area contributed by atoms with E-state index in [1.807, 2.05) is 20.8 Å². The van der Waals surface area contributed by atoms with E-state index in [1.165, 1.54) is 0 Å². The van der Waals surface area contributed by atoms with E-state index in [4.69, 9.17) is 0 Å². The zero-order valence-electron chi connectivity index (χ0n) is 12.6. The molecule has 1 N–H and O–H groups in total. The molecule has 0 aliphatic heterocycles. The van der Waals surface area contributed by atoms with Crippen molar-refractivity contribution < 1.29 is 14.4 Å². The molecular formula is C15H27NO3. The highest BCUT2D eigenvalue weighted by molar-refractivity contribution is 5.89. The van der Waals surface area contributed by atoms with Crippen LogP contribution in [0.15, 0.2) is 0 Å². The topological polar surface area (TPSA) is 63.2 Å². The van der Waals surface area contributed by atoms with Crippen molar-refractivity contribution >= 4 is 17.5 Å². The molecule has 0 spiro atoms. The molecule has 0 aliphatic carbocycles. The molecule has 19 heavy (non-hydrogen) atoms. The fourth-order valence-electron chi connectivity index (χ4n) is 1.90. The number of rotatable bonds is 10. The van der Waals surface area contributed by atoms with Crippen LogP contribution in [-0.2, 0) is 14.4 Å². The summed E-state index contributed by atoms with van der Waals surface area (Å²) in [4.78, 5) is 34.4. The molecule has 0 aromatic carbocycles. The van der Waals surface area contributed by atoms with Crippen molar-refractivity contribution in [1.29, 1.82) is 0 Å². The van der Waals surface area contributed by atoms with Gasteiger partial charge in [-0.25, -0.2) is 0 Å². The van der Waals surface area contributed by atoms with Gasteiger partial charge in [0.1, 0.15) is 5.78 Å². The molecule has 4 nitrogen and oxygen atoms in total. The lowest BCUT2D eigenvalue weighted by atomic mass is 9.94. The number of carbonyl (C=O) groups excluding carboxylic acids is 3. The summed E-state index contributed by atoms with van der Waals surface area (Å²) in [6, 6.07) is -0.365. The number of Topliss-reactive ketones (excluding diaryl/α,β-unsaturated/α-hetero) is 2. The molecule has 0 aliphatic rings. The Kier molecular flexibility index (Phi) is 9.09. The van der Waals surface area contributed by atoms with Crippen LogP contribution in [0.1, 0.15) is 66.2 Å². The molecule has 0 aromatic rings. The van der Waals surface area contributed by atoms with Gasteiger partial charge in [0.25, 0.3) is 0 Å². The Balaban J connectivity index is 4.17. The number of hydrogen-bond donors (Lipinski definition) is 1. The third-order valence-corrected chi connectivity index (χ3v) is 3.41. The molecule has 0 radical (unpaired) electrons. The number of carbonyl (C=O) groups is 3. The normalized spacial score (nSPS) is 13.7. The standard InChI is InChI=1S/C15H27NO3/c1-5-11(3)15(13(18)6-2)16-14(19)10-8-7-9-12(4)17/h11,15H,5-10H2,1-4H3,(H,16,19)/t11?,15-/m0/s1. The second-order valence-corrected chi connectivity index (χ2v) is 5.16. The van der Waals surface area contributed by atoms with Gasteiger partial charge < -0.3 is 10.1 Å². The predicted octanol–water partition coefficient (Wildman–Crippen LogP) is 2.65. The fraction of sp³-hybridized carbons (Fsp3) is 0.800. The molecule has 0 aromatic heterocycles. The Hall–Kier alpha value is -1.19. The van der Waals surface area contributed by atoms with E-state index in [1.54, 1.807) is 6.92 Å². The molecule has 0 bridgehead atoms. The first-order chi connectivity index (χ1) is 8.92. The van der Waals surface area contributed by atoms with Gasteiger partial charge in [-0.3, -0.25) is 9.59 Å². The highest BCUT2D eigenvalue weighted by Crippen LogP contribution is 2.11. The summed E-state index contributed by atoms with van der Waals surface area (Å²) in [6.07, 6.45) is 3.64. The Bertz CT molecular complexity index is 313. The van der Waals surface area contributed by atoms with Crippen molar-refractivity contribution in [2.45, 2.75) is 72.3 Å². The van der Waals surface area contributed by atoms with Gasteiger partial charge in [0.05, 0.1) is 6.04 Å². The van der Waals surface area contributed by atoms with Gasteiger partial charge in [0.2, 0.25) is 5.91 Å². The van der Waals surface area contributed by atoms with Gasteiger partial charge in [-0.05, 0) is 25.7 Å². The molecule has 0 heterocycles. The molecule has 0 fully saturated rings. The first-order valence-electron chi connectivity index (χ1n) is 7.23. The van der Waals surface area contributed by atoms with Crippen molar-refractivity contribution in [1.82, 2.24) is 5.32 Å². The highest BCUT2D eigenvalue weighted by Gasteiger charge is 2.23. The maximum absolute atomic E-state index is 11.8. The minimum absolute atomic E-state index is 0.0874. The summed E-state index contributed by atoms with van der Waals surface area (Å²) in [6.45, 7) is 7.36. The van der Waals surface area contributed by atoms with E-state index < -0.39 is 0 Å². The molecule has 0 saturated heterocycles. The van der Waals surface area contributed by atoms with E-state index in [-0.39, 0.29) is 29.4 Å². The summed E-state index contributed by atoms with van der Waals surface area (Å²) >= 11 is 0. The summed E-state index contributed by atoms with van der Waals surface area (Å²) in [5.41, 5.74) is 0. The lowest BCUT2D eigenvalue weighted by Crippen LogP contribution is -2.44. The lowest BCUT2D eigenvalue weighted by molar-refractivity contribution is -0.129. The fourth-order valence-corrected chi connectivity index (χ4v) is 1.90. The van der Waals surface area contributed by atoms with E-state index >= 15 is 0 Å². The van der Waals surface area contributed by atoms with E-state index in [9.17, 15) is 14.4 Å². The van der Waals surface area contributed by atoms with E-state index in [2.05, 4.69) is 5.32 Å². The Morgan fingerprint density at radius 3 is 2.11 bits per heavy atom. The number of ketones is 2. The quantitative estimate of drug-likeness (QED) is 0.620. The molecule has 1 unspecified atom stereocenters. The first-order valence-corrected chi connectivity index (χ1v) is 7.23. The molecule has 110 valence electrons. The van der Waals surface area contributed by atoms with Gasteiger partial charge >= 0.3 is 0 Å². The zero-order chi connectivity index (χ0) is 14.8. The van der Waals surface area contributed by atoms with Crippen molar-refractivity contribution in [2.75, 3.05) is 0 Å². The average molecular weight is 269 g/mol. The Labute approximate surface area is 116 Å². The van der Waals surface area contributed by atoms with Gasteiger partial charge in [-0.15, -0.1) is 0 Å². The van der Waals surface area contributed by atoms with Crippen LogP contribution in [0.2, 0.25) is 0 Å². The van der Waals surface area contributed by atoms with Crippen molar-refractivity contribution in [3.05, 3.63) is 0 Å². The number of nitrogens with one attached hydrogen (secondary N) is 1. The third-order valence-electron chi connectivity index (χ3n) is 3.41. The summed E-state index contributed by atoms with van der Waals surface area (Å²) < 4.78 is 0. The van der Waals surface area contributed by atoms with E-state index in [0.717, 1.165) is 12.8 Å². The maximum atomic E-state index is 11.8. The molecular weight excluding hydrogens is 242 g/mol. The largest absolute Gasteiger partial charge is 0.346 e. The monoisotopic (exact) mass is 269 g/mol. The van der Waals surface area contributed by atoms with Gasteiger partial charge in [0, 0.05) is 19.3 Å². The third kappa shape index (κ3) is 7.75. The second kappa shape index (κ2) is 9.70. The molecule has 4 heteroatoms. The molecule has 2 atom stereocenters. The van der Waals surface area contributed by atoms with Crippen LogP contribution in [0.5, 0.6) is 0 Å². The zero-order valence-corrected chi connectivity index (χ0v) is 12.6. The maximum Gasteiger partial charge on any atom is 0.220 e. The van der Waals surface area contributed by atoms with Crippen LogP contribution in [0, 0.1) is 5.92 Å². The van der Waals surface area contributed by atoms with Crippen molar-refractivity contribution in [2.24, 2.45) is 5.92 Å². The smallest absolute Gasteiger partial charge is 0.220 e. The van der Waals surface area contributed by atoms with Crippen LogP contribution in [-0.4, -0.2) is 23.5 Å². The van der Waals surface area contributed by atoms with Gasteiger partial charge in [-0.1, -0.05) is 27.2 Å². The van der Waals surface area contributed by atoms with Crippen molar-refractivity contribution in [3.63, 3.8) is 0 Å². The van der Waals surface area contributed by atoms with Crippen LogP contribution < -0.4 is 5.32 Å². The first kappa shape index (κ1) is 17.8. The molecule has 0 rings (SSSR count). The van der Waals surface area contributed by atoms with Gasteiger partial charge in [-0.2, -0.15) is 0 Å². The molecule has 0 saturated carbocycles. The second-order valence-electron chi connectivity index (χ2n) is 5.16. The van der Waals surface area contributed by atoms with Crippen LogP contribution >= 0.6 is 0 Å². The number of unbranched alkanes of at least 4 members (excludes halogenated alkanes) is 1. The average Bonchev–Trinajstić information content (AvgIpc) is 2.39. The summed E-state index contributed by atoms with van der Waals surface area (Å²) in [7, 11) is 0. The van der Waals surface area contributed by atoms with Crippen LogP contribution in [0.3, 0.4) is 0 Å². The van der Waals surface area contributed by atoms with E-state index in [0.29, 0.717) is 25.7 Å². The SMILES string of the molecule is CCC(=O)[C@@H](NC(=O)CCCCC(C)=O)C(C)CC. The summed E-state index contributed by atoms with van der Waals surface area (Å²) in [5.74, 6) is 0.315. The Morgan fingerprint density at radius 1 is 1.05 bits per heavy atom. The van der Waals surface area contributed by atoms with Crippen LogP contribution in [0.25, 0.3) is 0 Å². The number of hydrogen-bond acceptors (Lipinski definition) is 3. The van der Waals surface area contributed by atoms with Crippen LogP contribution in [0.4, 0.5) is 0 Å². The number of amides is 1. The van der Waals surface area contributed by atoms with Crippen molar-refractivity contribution in [3.8, 4) is 0 Å². The highest BCUT2D eigenvalue weighted by atomic mass is 16.2. The minimum Gasteiger partial charge on any atom is -0.346 e. The summed E-state index contributed by atoms with van der Waals surface area (Å²) in [5, 5.41) is 2.83.